The van der Waals surface area contributed by atoms with E-state index in [9.17, 15) is 4.79 Å². The van der Waals surface area contributed by atoms with Crippen molar-refractivity contribution in [1.29, 1.82) is 0 Å². The second-order valence-electron chi connectivity index (χ2n) is 5.20. The normalized spacial score (nSPS) is 12.0. The Balaban J connectivity index is 2.04. The highest BCUT2D eigenvalue weighted by Gasteiger charge is 2.10. The van der Waals surface area contributed by atoms with E-state index < -0.39 is 0 Å². The highest BCUT2D eigenvalue weighted by atomic mass is 79.9. The summed E-state index contributed by atoms with van der Waals surface area (Å²) in [6.45, 7) is 1.95. The average Bonchev–Trinajstić information content (AvgIpc) is 2.59. The van der Waals surface area contributed by atoms with Gasteiger partial charge in [0.2, 0.25) is 5.91 Å². The second-order valence-corrected chi connectivity index (χ2v) is 6.05. The van der Waals surface area contributed by atoms with Gasteiger partial charge in [0, 0.05) is 10.5 Å². The van der Waals surface area contributed by atoms with E-state index in [0.717, 1.165) is 15.6 Å². The number of ether oxygens (including phenoxy) is 2. The highest BCUT2D eigenvalue weighted by molar-refractivity contribution is 9.10. The summed E-state index contributed by atoms with van der Waals surface area (Å²) in [5.41, 5.74) is 1.89. The molecule has 0 aliphatic heterocycles. The molecule has 0 aliphatic rings. The molecule has 0 heterocycles. The van der Waals surface area contributed by atoms with Crippen LogP contribution in [-0.4, -0.2) is 20.1 Å². The van der Waals surface area contributed by atoms with Crippen molar-refractivity contribution in [1.82, 2.24) is 5.32 Å². The van der Waals surface area contributed by atoms with Crippen molar-refractivity contribution in [3.63, 3.8) is 0 Å². The summed E-state index contributed by atoms with van der Waals surface area (Å²) in [5, 5.41) is 2.95. The number of hydrogen-bond donors (Lipinski definition) is 1. The predicted octanol–water partition coefficient (Wildman–Crippen LogP) is 4.36. The van der Waals surface area contributed by atoms with Crippen LogP contribution < -0.4 is 14.8 Å². The molecular weight excluding hydrogens is 370 g/mol. The van der Waals surface area contributed by atoms with E-state index in [0.29, 0.717) is 11.5 Å². The molecule has 1 atom stereocenters. The lowest BCUT2D eigenvalue weighted by Crippen LogP contribution is -2.24. The fourth-order valence-electron chi connectivity index (χ4n) is 2.29. The number of carbonyl (C=O) groups is 1. The van der Waals surface area contributed by atoms with Gasteiger partial charge < -0.3 is 14.8 Å². The summed E-state index contributed by atoms with van der Waals surface area (Å²) in [7, 11) is 3.17. The zero-order valence-electron chi connectivity index (χ0n) is 13.9. The number of rotatable bonds is 6. The van der Waals surface area contributed by atoms with E-state index in [1.807, 2.05) is 43.3 Å². The molecule has 0 bridgehead atoms. The van der Waals surface area contributed by atoms with Crippen LogP contribution in [0.2, 0.25) is 0 Å². The number of halogens is 1. The number of hydrogen-bond acceptors (Lipinski definition) is 3. The van der Waals surface area contributed by atoms with Gasteiger partial charge in [0.15, 0.2) is 11.5 Å². The molecule has 24 heavy (non-hydrogen) atoms. The third-order valence-corrected chi connectivity index (χ3v) is 4.29. The molecule has 0 aliphatic carbocycles. The molecule has 0 fully saturated rings. The van der Waals surface area contributed by atoms with E-state index in [1.54, 1.807) is 26.4 Å². The van der Waals surface area contributed by atoms with E-state index in [2.05, 4.69) is 21.2 Å². The van der Waals surface area contributed by atoms with Crippen molar-refractivity contribution < 1.29 is 14.3 Å². The lowest BCUT2D eigenvalue weighted by molar-refractivity contribution is -0.117. The van der Waals surface area contributed by atoms with Gasteiger partial charge in [-0.15, -0.1) is 0 Å². The number of carbonyl (C=O) groups excluding carboxylic acids is 1. The molecule has 2 rings (SSSR count). The van der Waals surface area contributed by atoms with Crippen LogP contribution in [0.4, 0.5) is 0 Å². The summed E-state index contributed by atoms with van der Waals surface area (Å²) in [5.74, 6) is 1.12. The van der Waals surface area contributed by atoms with Crippen molar-refractivity contribution in [2.45, 2.75) is 13.0 Å². The van der Waals surface area contributed by atoms with E-state index in [4.69, 9.17) is 9.47 Å². The van der Waals surface area contributed by atoms with Gasteiger partial charge in [-0.1, -0.05) is 40.2 Å². The minimum absolute atomic E-state index is 0.0943. The molecule has 5 heteroatoms. The Morgan fingerprint density at radius 1 is 1.12 bits per heavy atom. The molecule has 2 aromatic rings. The minimum Gasteiger partial charge on any atom is -0.493 e. The van der Waals surface area contributed by atoms with Crippen molar-refractivity contribution in [2.75, 3.05) is 14.2 Å². The monoisotopic (exact) mass is 389 g/mol. The van der Waals surface area contributed by atoms with Crippen LogP contribution in [0.1, 0.15) is 24.1 Å². The van der Waals surface area contributed by atoms with Crippen LogP contribution in [0.3, 0.4) is 0 Å². The lowest BCUT2D eigenvalue weighted by Gasteiger charge is -2.14. The Kier molecular flexibility index (Phi) is 6.44. The summed E-state index contributed by atoms with van der Waals surface area (Å²) in [4.78, 5) is 12.1. The lowest BCUT2D eigenvalue weighted by atomic mass is 10.1. The number of amides is 1. The molecule has 2 aromatic carbocycles. The smallest absolute Gasteiger partial charge is 0.244 e. The third kappa shape index (κ3) is 4.61. The zero-order chi connectivity index (χ0) is 17.5. The van der Waals surface area contributed by atoms with Crippen LogP contribution in [0.5, 0.6) is 11.5 Å². The zero-order valence-corrected chi connectivity index (χ0v) is 15.5. The molecule has 0 radical (unpaired) electrons. The number of methoxy groups -OCH3 is 2. The van der Waals surface area contributed by atoms with E-state index in [-0.39, 0.29) is 11.9 Å². The van der Waals surface area contributed by atoms with Crippen LogP contribution in [0, 0.1) is 0 Å². The summed E-state index contributed by atoms with van der Waals surface area (Å²) >= 11 is 3.50. The molecule has 0 unspecified atom stereocenters. The van der Waals surface area contributed by atoms with Gasteiger partial charge in [0.05, 0.1) is 20.3 Å². The summed E-state index contributed by atoms with van der Waals surface area (Å²) in [6, 6.07) is 13.2. The van der Waals surface area contributed by atoms with Crippen molar-refractivity contribution in [3.05, 3.63) is 64.1 Å². The van der Waals surface area contributed by atoms with Gasteiger partial charge in [-0.2, -0.15) is 0 Å². The molecule has 1 N–H and O–H groups in total. The molecule has 0 aromatic heterocycles. The molecule has 0 spiro atoms. The fourth-order valence-corrected chi connectivity index (χ4v) is 2.92. The average molecular weight is 390 g/mol. The Hall–Kier alpha value is -2.27. The second kappa shape index (κ2) is 8.55. The maximum atomic E-state index is 12.1. The van der Waals surface area contributed by atoms with Gasteiger partial charge in [0.1, 0.15) is 0 Å². The first-order valence-electron chi connectivity index (χ1n) is 7.50. The Bertz CT molecular complexity index is 743. The Labute approximate surface area is 150 Å². The van der Waals surface area contributed by atoms with Gasteiger partial charge in [-0.3, -0.25) is 4.79 Å². The molecule has 126 valence electrons. The van der Waals surface area contributed by atoms with Gasteiger partial charge in [-0.05, 0) is 42.3 Å². The first-order valence-corrected chi connectivity index (χ1v) is 8.29. The van der Waals surface area contributed by atoms with Crippen LogP contribution in [-0.2, 0) is 4.79 Å². The number of benzene rings is 2. The van der Waals surface area contributed by atoms with Gasteiger partial charge in [-0.25, -0.2) is 0 Å². The van der Waals surface area contributed by atoms with Gasteiger partial charge >= 0.3 is 0 Å². The maximum absolute atomic E-state index is 12.1. The summed E-state index contributed by atoms with van der Waals surface area (Å²) in [6.07, 6.45) is 3.25. The van der Waals surface area contributed by atoms with Crippen molar-refractivity contribution in [3.8, 4) is 11.5 Å². The third-order valence-electron chi connectivity index (χ3n) is 3.57. The first kappa shape index (κ1) is 18.1. The standard InChI is InChI=1S/C19H20BrNO3/c1-13(15-6-4-5-7-16(15)20)21-19(22)11-9-14-8-10-17(23-2)18(12-14)24-3/h4-13H,1-3H3,(H,21,22)/b11-9+/t13-/m1/s1. The Morgan fingerprint density at radius 3 is 2.50 bits per heavy atom. The van der Waals surface area contributed by atoms with Crippen molar-refractivity contribution >= 4 is 27.9 Å². The van der Waals surface area contributed by atoms with Crippen LogP contribution in [0.15, 0.2) is 53.0 Å². The molecule has 4 nitrogen and oxygen atoms in total. The highest BCUT2D eigenvalue weighted by Crippen LogP contribution is 2.28. The molecule has 1 amide bonds. The fraction of sp³-hybridized carbons (Fsp3) is 0.211. The largest absolute Gasteiger partial charge is 0.493 e. The quantitative estimate of drug-likeness (QED) is 0.746. The SMILES string of the molecule is COc1ccc(/C=C/C(=O)N[C@H](C)c2ccccc2Br)cc1OC. The maximum Gasteiger partial charge on any atom is 0.244 e. The minimum atomic E-state index is -0.159. The summed E-state index contributed by atoms with van der Waals surface area (Å²) < 4.78 is 11.4. The van der Waals surface area contributed by atoms with Crippen LogP contribution in [0.25, 0.3) is 6.08 Å². The van der Waals surface area contributed by atoms with E-state index in [1.165, 1.54) is 6.08 Å². The van der Waals surface area contributed by atoms with Crippen molar-refractivity contribution in [2.24, 2.45) is 0 Å². The molecular formula is C19H20BrNO3. The first-order chi connectivity index (χ1) is 11.5. The molecule has 0 saturated heterocycles. The number of nitrogens with one attached hydrogen (secondary N) is 1. The Morgan fingerprint density at radius 2 is 1.83 bits per heavy atom. The molecule has 0 saturated carbocycles. The van der Waals surface area contributed by atoms with E-state index >= 15 is 0 Å². The predicted molar refractivity (Wildman–Crippen MR) is 99.3 cm³/mol. The van der Waals surface area contributed by atoms with Crippen LogP contribution >= 0.6 is 15.9 Å². The van der Waals surface area contributed by atoms with Gasteiger partial charge in [0.25, 0.3) is 0 Å². The topological polar surface area (TPSA) is 47.6 Å².